The second-order valence-corrected chi connectivity index (χ2v) is 3.97. The number of rotatable bonds is 3. The molecule has 0 spiro atoms. The molecule has 86 valence electrons. The Morgan fingerprint density at radius 1 is 1.29 bits per heavy atom. The van der Waals surface area contributed by atoms with Crippen molar-refractivity contribution in [2.75, 3.05) is 0 Å². The van der Waals surface area contributed by atoms with Gasteiger partial charge in [0.2, 0.25) is 0 Å². The number of allylic oxidation sites excluding steroid dienone is 1. The van der Waals surface area contributed by atoms with Crippen LogP contribution in [0.25, 0.3) is 6.08 Å². The summed E-state index contributed by atoms with van der Waals surface area (Å²) in [5, 5.41) is 0. The lowest BCUT2D eigenvalue weighted by atomic mass is 10.0. The molecule has 0 unspecified atom stereocenters. The summed E-state index contributed by atoms with van der Waals surface area (Å²) < 4.78 is 0. The summed E-state index contributed by atoms with van der Waals surface area (Å²) in [6, 6.07) is 5.71. The Labute approximate surface area is 100 Å². The molecular weight excluding hydrogens is 212 g/mol. The molecule has 0 fully saturated rings. The summed E-state index contributed by atoms with van der Waals surface area (Å²) in [5.74, 6) is 0.673. The van der Waals surface area contributed by atoms with Gasteiger partial charge in [0, 0.05) is 18.0 Å². The van der Waals surface area contributed by atoms with E-state index >= 15 is 0 Å². The van der Waals surface area contributed by atoms with Crippen LogP contribution in [0.3, 0.4) is 0 Å². The number of aryl methyl sites for hydroxylation is 2. The van der Waals surface area contributed by atoms with Crippen LogP contribution in [0.4, 0.5) is 0 Å². The van der Waals surface area contributed by atoms with Crippen LogP contribution in [-0.2, 0) is 0 Å². The number of hydrogen-bond donors (Lipinski definition) is 1. The third-order valence-corrected chi connectivity index (χ3v) is 2.70. The normalized spacial score (nSPS) is 10.9. The van der Waals surface area contributed by atoms with Gasteiger partial charge in [0.1, 0.15) is 5.82 Å². The maximum absolute atomic E-state index is 11.9. The summed E-state index contributed by atoms with van der Waals surface area (Å²) >= 11 is 0. The number of nitrogens with one attached hydrogen (secondary N) is 1. The molecule has 3 nitrogen and oxygen atoms in total. The second kappa shape index (κ2) is 4.78. The van der Waals surface area contributed by atoms with Gasteiger partial charge in [0.05, 0.1) is 0 Å². The van der Waals surface area contributed by atoms with Crippen molar-refractivity contribution in [2.45, 2.75) is 13.8 Å². The maximum Gasteiger partial charge on any atom is 0.185 e. The van der Waals surface area contributed by atoms with E-state index in [-0.39, 0.29) is 5.78 Å². The van der Waals surface area contributed by atoms with Crippen molar-refractivity contribution in [3.05, 3.63) is 59.2 Å². The summed E-state index contributed by atoms with van der Waals surface area (Å²) in [5.41, 5.74) is 3.02. The minimum absolute atomic E-state index is 0.00972. The van der Waals surface area contributed by atoms with Gasteiger partial charge in [-0.05, 0) is 43.2 Å². The van der Waals surface area contributed by atoms with Gasteiger partial charge in [-0.3, -0.25) is 4.79 Å². The molecule has 0 saturated carbocycles. The largest absolute Gasteiger partial charge is 0.345 e. The summed E-state index contributed by atoms with van der Waals surface area (Å²) in [6.07, 6.45) is 6.58. The average molecular weight is 226 g/mol. The molecule has 0 aliphatic rings. The van der Waals surface area contributed by atoms with Gasteiger partial charge in [0.15, 0.2) is 5.78 Å². The average Bonchev–Trinajstić information content (AvgIpc) is 2.82. The third kappa shape index (κ3) is 2.69. The molecule has 1 N–H and O–H groups in total. The molecule has 1 aromatic carbocycles. The fraction of sp³-hybridized carbons (Fsp3) is 0.143. The smallest absolute Gasteiger partial charge is 0.185 e. The molecule has 0 saturated heterocycles. The van der Waals surface area contributed by atoms with E-state index in [2.05, 4.69) is 9.97 Å². The fourth-order valence-corrected chi connectivity index (χ4v) is 1.51. The number of carbonyl (C=O) groups is 1. The van der Waals surface area contributed by atoms with E-state index in [4.69, 9.17) is 0 Å². The molecule has 0 atom stereocenters. The fourth-order valence-electron chi connectivity index (χ4n) is 1.51. The SMILES string of the molecule is Cc1ccc(C(=O)/C=C/c2ncc[nH]2)cc1C. The first-order valence-electron chi connectivity index (χ1n) is 5.46. The standard InChI is InChI=1S/C14H14N2O/c1-10-3-4-12(9-11(10)2)13(17)5-6-14-15-7-8-16-14/h3-9H,1-2H3,(H,15,16)/b6-5+. The molecule has 0 aliphatic carbocycles. The van der Waals surface area contributed by atoms with Crippen molar-refractivity contribution < 1.29 is 4.79 Å². The first-order chi connectivity index (χ1) is 8.16. The highest BCUT2D eigenvalue weighted by molar-refractivity contribution is 6.06. The van der Waals surface area contributed by atoms with Crippen LogP contribution < -0.4 is 0 Å². The first-order valence-corrected chi connectivity index (χ1v) is 5.46. The molecular formula is C14H14N2O. The predicted molar refractivity (Wildman–Crippen MR) is 67.9 cm³/mol. The van der Waals surface area contributed by atoms with Crippen LogP contribution in [0.5, 0.6) is 0 Å². The first kappa shape index (κ1) is 11.3. The van der Waals surface area contributed by atoms with Crippen LogP contribution >= 0.6 is 0 Å². The van der Waals surface area contributed by atoms with Gasteiger partial charge in [-0.15, -0.1) is 0 Å². The predicted octanol–water partition coefficient (Wildman–Crippen LogP) is 2.92. The zero-order chi connectivity index (χ0) is 12.3. The second-order valence-electron chi connectivity index (χ2n) is 3.97. The molecule has 2 aromatic rings. The monoisotopic (exact) mass is 226 g/mol. The zero-order valence-corrected chi connectivity index (χ0v) is 9.90. The maximum atomic E-state index is 11.9. The highest BCUT2D eigenvalue weighted by Crippen LogP contribution is 2.11. The van der Waals surface area contributed by atoms with E-state index in [0.29, 0.717) is 11.4 Å². The van der Waals surface area contributed by atoms with Crippen LogP contribution in [0.1, 0.15) is 27.3 Å². The van der Waals surface area contributed by atoms with Gasteiger partial charge < -0.3 is 4.98 Å². The molecule has 0 radical (unpaired) electrons. The summed E-state index contributed by atoms with van der Waals surface area (Å²) in [6.45, 7) is 4.03. The minimum Gasteiger partial charge on any atom is -0.345 e. The Bertz CT molecular complexity index is 554. The summed E-state index contributed by atoms with van der Waals surface area (Å²) in [4.78, 5) is 18.8. The number of aromatic amines is 1. The number of carbonyl (C=O) groups excluding carboxylic acids is 1. The highest BCUT2D eigenvalue weighted by atomic mass is 16.1. The molecule has 1 aromatic heterocycles. The van der Waals surface area contributed by atoms with E-state index in [0.717, 1.165) is 5.56 Å². The quantitative estimate of drug-likeness (QED) is 0.646. The molecule has 17 heavy (non-hydrogen) atoms. The van der Waals surface area contributed by atoms with E-state index < -0.39 is 0 Å². The van der Waals surface area contributed by atoms with Crippen LogP contribution in [0.15, 0.2) is 36.7 Å². The third-order valence-electron chi connectivity index (χ3n) is 2.70. The van der Waals surface area contributed by atoms with Crippen LogP contribution in [0.2, 0.25) is 0 Å². The number of imidazole rings is 1. The van der Waals surface area contributed by atoms with E-state index in [1.807, 2.05) is 32.0 Å². The van der Waals surface area contributed by atoms with E-state index in [9.17, 15) is 4.79 Å². The number of ketones is 1. The number of nitrogens with zero attached hydrogens (tertiary/aromatic N) is 1. The molecule has 0 aliphatic heterocycles. The molecule has 0 amide bonds. The van der Waals surface area contributed by atoms with E-state index in [1.165, 1.54) is 11.6 Å². The topological polar surface area (TPSA) is 45.8 Å². The van der Waals surface area contributed by atoms with Crippen molar-refractivity contribution in [1.29, 1.82) is 0 Å². The molecule has 1 heterocycles. The van der Waals surface area contributed by atoms with Crippen molar-refractivity contribution in [2.24, 2.45) is 0 Å². The van der Waals surface area contributed by atoms with Crippen molar-refractivity contribution >= 4 is 11.9 Å². The van der Waals surface area contributed by atoms with Gasteiger partial charge in [0.25, 0.3) is 0 Å². The van der Waals surface area contributed by atoms with Crippen molar-refractivity contribution in [3.63, 3.8) is 0 Å². The zero-order valence-electron chi connectivity index (χ0n) is 9.90. The lowest BCUT2D eigenvalue weighted by Gasteiger charge is -2.01. The van der Waals surface area contributed by atoms with E-state index in [1.54, 1.807) is 18.5 Å². The Hall–Kier alpha value is -2.16. The van der Waals surface area contributed by atoms with Crippen molar-refractivity contribution in [3.8, 4) is 0 Å². The molecule has 0 bridgehead atoms. The molecule has 2 rings (SSSR count). The summed E-state index contributed by atoms with van der Waals surface area (Å²) in [7, 11) is 0. The highest BCUT2D eigenvalue weighted by Gasteiger charge is 2.03. The number of hydrogen-bond acceptors (Lipinski definition) is 2. The number of H-pyrrole nitrogens is 1. The minimum atomic E-state index is -0.00972. The van der Waals surface area contributed by atoms with Crippen LogP contribution in [-0.4, -0.2) is 15.8 Å². The van der Waals surface area contributed by atoms with Gasteiger partial charge in [-0.25, -0.2) is 4.98 Å². The number of aromatic nitrogens is 2. The van der Waals surface area contributed by atoms with Gasteiger partial charge in [-0.1, -0.05) is 12.1 Å². The van der Waals surface area contributed by atoms with Crippen LogP contribution in [0, 0.1) is 13.8 Å². The van der Waals surface area contributed by atoms with Gasteiger partial charge in [-0.2, -0.15) is 0 Å². The van der Waals surface area contributed by atoms with Gasteiger partial charge >= 0.3 is 0 Å². The Kier molecular flexibility index (Phi) is 3.19. The molecule has 3 heteroatoms. The number of benzene rings is 1. The Balaban J connectivity index is 2.17. The lowest BCUT2D eigenvalue weighted by molar-refractivity contribution is 0.104. The Morgan fingerprint density at radius 3 is 2.76 bits per heavy atom. The lowest BCUT2D eigenvalue weighted by Crippen LogP contribution is -1.95. The Morgan fingerprint density at radius 2 is 2.12 bits per heavy atom. The van der Waals surface area contributed by atoms with Crippen molar-refractivity contribution in [1.82, 2.24) is 9.97 Å².